The number of nitrogens with one attached hydrogen (secondary N) is 1. The second kappa shape index (κ2) is 6.33. The summed E-state index contributed by atoms with van der Waals surface area (Å²) in [7, 11) is 0. The van der Waals surface area contributed by atoms with E-state index in [1.807, 2.05) is 0 Å². The monoisotopic (exact) mass is 275 g/mol. The third-order valence-corrected chi connectivity index (χ3v) is 3.81. The summed E-state index contributed by atoms with van der Waals surface area (Å²) >= 11 is 1.60. The molecule has 1 atom stereocenters. The lowest BCUT2D eigenvalue weighted by Crippen LogP contribution is -2.32. The molecule has 0 aliphatic heterocycles. The largest absolute Gasteiger partial charge is 0.320 e. The zero-order valence-corrected chi connectivity index (χ0v) is 11.5. The van der Waals surface area contributed by atoms with Gasteiger partial charge >= 0.3 is 0 Å². The van der Waals surface area contributed by atoms with Crippen LogP contribution >= 0.6 is 23.7 Å². The van der Waals surface area contributed by atoms with Gasteiger partial charge in [-0.1, -0.05) is 6.42 Å². The fourth-order valence-electron chi connectivity index (χ4n) is 1.80. The zero-order chi connectivity index (χ0) is 11.5. The molecule has 4 nitrogen and oxygen atoms in total. The average molecular weight is 276 g/mol. The van der Waals surface area contributed by atoms with Gasteiger partial charge in [0.1, 0.15) is 0 Å². The summed E-state index contributed by atoms with van der Waals surface area (Å²) < 4.78 is 0. The number of carbonyl (C=O) groups is 1. The van der Waals surface area contributed by atoms with Crippen LogP contribution in [0.15, 0.2) is 0 Å². The summed E-state index contributed by atoms with van der Waals surface area (Å²) in [5, 5.41) is 3.47. The standard InChI is InChI=1S/C11H17N3OS.ClH/c1-7(12)10(15)14-11-13-8-5-3-2-4-6-9(8)16-11;/h7H,2-6,12H2,1H3,(H,13,14,15);1H. The number of aryl methyl sites for hydroxylation is 2. The molecular formula is C11H18ClN3OS. The summed E-state index contributed by atoms with van der Waals surface area (Å²) in [5.41, 5.74) is 6.66. The molecule has 0 aromatic carbocycles. The van der Waals surface area contributed by atoms with Crippen molar-refractivity contribution < 1.29 is 4.79 Å². The Morgan fingerprint density at radius 2 is 2.12 bits per heavy atom. The number of halogens is 1. The molecule has 1 amide bonds. The molecule has 1 unspecified atom stereocenters. The number of nitrogens with two attached hydrogens (primary N) is 1. The first kappa shape index (κ1) is 14.4. The van der Waals surface area contributed by atoms with Gasteiger partial charge in [0, 0.05) is 4.88 Å². The van der Waals surface area contributed by atoms with Crippen LogP contribution < -0.4 is 11.1 Å². The van der Waals surface area contributed by atoms with Gasteiger partial charge in [-0.3, -0.25) is 4.79 Å². The SMILES string of the molecule is CC(N)C(=O)Nc1nc2c(s1)CCCCC2.Cl. The van der Waals surface area contributed by atoms with E-state index in [0.717, 1.165) is 12.8 Å². The van der Waals surface area contributed by atoms with Crippen molar-refractivity contribution in [3.8, 4) is 0 Å². The smallest absolute Gasteiger partial charge is 0.242 e. The number of amides is 1. The fourth-order valence-corrected chi connectivity index (χ4v) is 2.85. The molecular weight excluding hydrogens is 258 g/mol. The first-order valence-electron chi connectivity index (χ1n) is 5.72. The number of thiazole rings is 1. The minimum absolute atomic E-state index is 0. The lowest BCUT2D eigenvalue weighted by atomic mass is 10.2. The number of aromatic nitrogens is 1. The molecule has 3 N–H and O–H groups in total. The average Bonchev–Trinajstić information content (AvgIpc) is 2.48. The normalized spacial score (nSPS) is 16.4. The number of hydrogen-bond donors (Lipinski definition) is 2. The number of rotatable bonds is 2. The molecule has 2 rings (SSSR count). The molecule has 0 radical (unpaired) electrons. The Balaban J connectivity index is 0.00000144. The van der Waals surface area contributed by atoms with Crippen molar-refractivity contribution in [2.75, 3.05) is 5.32 Å². The van der Waals surface area contributed by atoms with Crippen molar-refractivity contribution >= 4 is 34.8 Å². The van der Waals surface area contributed by atoms with Crippen LogP contribution in [-0.2, 0) is 17.6 Å². The lowest BCUT2D eigenvalue weighted by Gasteiger charge is -2.03. The molecule has 6 heteroatoms. The predicted molar refractivity (Wildman–Crippen MR) is 72.9 cm³/mol. The van der Waals surface area contributed by atoms with Crippen molar-refractivity contribution in [1.82, 2.24) is 4.98 Å². The van der Waals surface area contributed by atoms with E-state index in [2.05, 4.69) is 10.3 Å². The van der Waals surface area contributed by atoms with Crippen molar-refractivity contribution in [1.29, 1.82) is 0 Å². The van der Waals surface area contributed by atoms with Crippen LogP contribution in [0.5, 0.6) is 0 Å². The van der Waals surface area contributed by atoms with Crippen LogP contribution in [0.2, 0.25) is 0 Å². The molecule has 1 heterocycles. The highest BCUT2D eigenvalue weighted by Gasteiger charge is 2.16. The molecule has 1 aliphatic rings. The maximum absolute atomic E-state index is 11.4. The maximum atomic E-state index is 11.4. The summed E-state index contributed by atoms with van der Waals surface area (Å²) in [6.07, 6.45) is 5.86. The third kappa shape index (κ3) is 3.66. The van der Waals surface area contributed by atoms with Crippen molar-refractivity contribution in [3.63, 3.8) is 0 Å². The molecule has 0 fully saturated rings. The molecule has 0 saturated heterocycles. The number of nitrogens with zero attached hydrogens (tertiary/aromatic N) is 1. The second-order valence-electron chi connectivity index (χ2n) is 4.23. The third-order valence-electron chi connectivity index (χ3n) is 2.74. The minimum atomic E-state index is -0.483. The van der Waals surface area contributed by atoms with Gasteiger partial charge in [-0.2, -0.15) is 0 Å². The van der Waals surface area contributed by atoms with E-state index in [0.29, 0.717) is 5.13 Å². The Hall–Kier alpha value is -0.650. The predicted octanol–water partition coefficient (Wildman–Crippen LogP) is 2.12. The van der Waals surface area contributed by atoms with Gasteiger partial charge in [0.25, 0.3) is 0 Å². The van der Waals surface area contributed by atoms with E-state index in [1.54, 1.807) is 18.3 Å². The summed E-state index contributed by atoms with van der Waals surface area (Å²) in [4.78, 5) is 17.2. The van der Waals surface area contributed by atoms with E-state index < -0.39 is 6.04 Å². The molecule has 0 saturated carbocycles. The van der Waals surface area contributed by atoms with E-state index in [1.165, 1.54) is 29.8 Å². The maximum Gasteiger partial charge on any atom is 0.242 e. The van der Waals surface area contributed by atoms with Gasteiger partial charge in [-0.15, -0.1) is 23.7 Å². The van der Waals surface area contributed by atoms with E-state index in [9.17, 15) is 4.79 Å². The number of anilines is 1. The molecule has 1 aromatic heterocycles. The number of hydrogen-bond acceptors (Lipinski definition) is 4. The van der Waals surface area contributed by atoms with Gasteiger partial charge in [0.05, 0.1) is 11.7 Å². The number of carbonyl (C=O) groups excluding carboxylic acids is 1. The minimum Gasteiger partial charge on any atom is -0.320 e. The molecule has 0 spiro atoms. The van der Waals surface area contributed by atoms with Crippen LogP contribution in [0.25, 0.3) is 0 Å². The second-order valence-corrected chi connectivity index (χ2v) is 5.31. The number of fused-ring (bicyclic) bond motifs is 1. The highest BCUT2D eigenvalue weighted by atomic mass is 35.5. The van der Waals surface area contributed by atoms with Crippen molar-refractivity contribution in [2.45, 2.75) is 45.1 Å². The highest BCUT2D eigenvalue weighted by molar-refractivity contribution is 7.15. The van der Waals surface area contributed by atoms with Gasteiger partial charge in [-0.05, 0) is 32.6 Å². The van der Waals surface area contributed by atoms with E-state index >= 15 is 0 Å². The summed E-state index contributed by atoms with van der Waals surface area (Å²) in [6, 6.07) is -0.483. The van der Waals surface area contributed by atoms with E-state index in [-0.39, 0.29) is 18.3 Å². The summed E-state index contributed by atoms with van der Waals surface area (Å²) in [6.45, 7) is 1.67. The summed E-state index contributed by atoms with van der Waals surface area (Å²) in [5.74, 6) is -0.163. The highest BCUT2D eigenvalue weighted by Crippen LogP contribution is 2.28. The lowest BCUT2D eigenvalue weighted by molar-refractivity contribution is -0.117. The quantitative estimate of drug-likeness (QED) is 0.813. The first-order valence-corrected chi connectivity index (χ1v) is 6.53. The van der Waals surface area contributed by atoms with E-state index in [4.69, 9.17) is 5.73 Å². The fraction of sp³-hybridized carbons (Fsp3) is 0.636. The Morgan fingerprint density at radius 1 is 1.41 bits per heavy atom. The van der Waals surface area contributed by atoms with Crippen molar-refractivity contribution in [2.24, 2.45) is 5.73 Å². The van der Waals surface area contributed by atoms with Gasteiger partial charge < -0.3 is 11.1 Å². The Kier molecular flexibility index (Phi) is 5.36. The first-order chi connectivity index (χ1) is 7.66. The van der Waals surface area contributed by atoms with Crippen LogP contribution in [-0.4, -0.2) is 16.9 Å². The molecule has 1 aromatic rings. The van der Waals surface area contributed by atoms with Crippen LogP contribution in [0, 0.1) is 0 Å². The Labute approximate surface area is 111 Å². The zero-order valence-electron chi connectivity index (χ0n) is 9.86. The molecule has 96 valence electrons. The van der Waals surface area contributed by atoms with Gasteiger partial charge in [0.2, 0.25) is 5.91 Å². The van der Waals surface area contributed by atoms with Gasteiger partial charge in [-0.25, -0.2) is 4.98 Å². The van der Waals surface area contributed by atoms with Crippen LogP contribution in [0.1, 0.15) is 36.8 Å². The Morgan fingerprint density at radius 3 is 2.82 bits per heavy atom. The Bertz CT molecular complexity index is 369. The molecule has 17 heavy (non-hydrogen) atoms. The molecule has 1 aliphatic carbocycles. The van der Waals surface area contributed by atoms with Gasteiger partial charge in [0.15, 0.2) is 5.13 Å². The van der Waals surface area contributed by atoms with Crippen LogP contribution in [0.4, 0.5) is 5.13 Å². The van der Waals surface area contributed by atoms with Crippen molar-refractivity contribution in [3.05, 3.63) is 10.6 Å². The van der Waals surface area contributed by atoms with Crippen LogP contribution in [0.3, 0.4) is 0 Å². The molecule has 0 bridgehead atoms. The topological polar surface area (TPSA) is 68.0 Å².